The zero-order chi connectivity index (χ0) is 15.8. The first kappa shape index (κ1) is 2.90. The van der Waals surface area contributed by atoms with Crippen molar-refractivity contribution in [2.75, 3.05) is 6.56 Å². The second kappa shape index (κ2) is 3.00. The van der Waals surface area contributed by atoms with Gasteiger partial charge < -0.3 is 25.2 Å². The van der Waals surface area contributed by atoms with E-state index in [2.05, 4.69) is 25.2 Å². The molecule has 2 atom stereocenters. The normalized spacial score (nSPS) is 44.5. The lowest BCUT2D eigenvalue weighted by molar-refractivity contribution is -0.147. The van der Waals surface area contributed by atoms with E-state index in [0.29, 0.717) is 0 Å². The van der Waals surface area contributed by atoms with E-state index in [4.69, 9.17) is 11.2 Å². The van der Waals surface area contributed by atoms with Gasteiger partial charge in [-0.25, -0.2) is 4.79 Å². The molecule has 0 spiro atoms. The van der Waals surface area contributed by atoms with Gasteiger partial charge in [-0.1, -0.05) is 0 Å². The van der Waals surface area contributed by atoms with Gasteiger partial charge in [-0.15, -0.1) is 0 Å². The highest BCUT2D eigenvalue weighted by molar-refractivity contribution is 5.89. The van der Waals surface area contributed by atoms with Crippen LogP contribution < -0.4 is 0 Å². The van der Waals surface area contributed by atoms with E-state index in [1.807, 2.05) is 0 Å². The van der Waals surface area contributed by atoms with E-state index < -0.39 is 36.2 Å². The number of carbonyl (C=O) groups excluding carboxylic acids is 1. The molecule has 1 heterocycles. The second-order valence-corrected chi connectivity index (χ2v) is 1.81. The number of esters is 1. The van der Waals surface area contributed by atoms with Crippen molar-refractivity contribution in [3.05, 3.63) is 11.5 Å². The van der Waals surface area contributed by atoms with Crippen LogP contribution in [0.25, 0.3) is 2.86 Å². The topological polar surface area (TPSA) is 107 Å². The number of ether oxygens (including phenoxy) is 1. The van der Waals surface area contributed by atoms with Crippen molar-refractivity contribution >= 4 is 5.97 Å². The molecule has 6 nitrogen and oxygen atoms in total. The lowest BCUT2D eigenvalue weighted by atomic mass is 10.2. The molecule has 0 saturated heterocycles. The Labute approximate surface area is 78.9 Å². The molecule has 12 heavy (non-hydrogen) atoms. The SMILES string of the molecule is [2H]OC1=C(O[2H])[C@@]([2H])([C@@]([2H])(O[2H])C([2H])([2H])O[2H])OC1=O. The molecular formula is C6H8O6. The molecule has 0 bridgehead atoms. The predicted molar refractivity (Wildman–Crippen MR) is 35.3 cm³/mol. The van der Waals surface area contributed by atoms with Crippen molar-refractivity contribution in [3.8, 4) is 0 Å². The Morgan fingerprint density at radius 1 is 1.92 bits per heavy atom. The van der Waals surface area contributed by atoms with Crippen molar-refractivity contribution in [2.24, 2.45) is 0 Å². The number of aliphatic hydroxyl groups excluding tert-OH is 2. The molecule has 1 rings (SSSR count). The Kier molecular flexibility index (Phi) is 0.723. The van der Waals surface area contributed by atoms with Crippen LogP contribution in [0.4, 0.5) is 0 Å². The highest BCUT2D eigenvalue weighted by Gasteiger charge is 2.38. The number of hydrogen-bond acceptors (Lipinski definition) is 6. The number of rotatable bonds is 6. The van der Waals surface area contributed by atoms with Crippen LogP contribution in [0.2, 0.25) is 0 Å². The Morgan fingerprint density at radius 2 is 2.83 bits per heavy atom. The van der Waals surface area contributed by atoms with Crippen LogP contribution in [-0.2, 0) is 9.53 Å². The van der Waals surface area contributed by atoms with Crippen LogP contribution in [0.5, 0.6) is 0 Å². The summed E-state index contributed by atoms with van der Waals surface area (Å²) in [5.41, 5.74) is 0. The Bertz CT molecular complexity index is 441. The first-order valence-electron chi connectivity index (χ1n) is 6.31. The van der Waals surface area contributed by atoms with Gasteiger partial charge in [0.15, 0.2) is 11.8 Å². The van der Waals surface area contributed by atoms with Gasteiger partial charge in [0.25, 0.3) is 2.86 Å². The maximum absolute atomic E-state index is 11.3. The zero-order valence-electron chi connectivity index (χ0n) is 13.4. The largest absolute Gasteiger partial charge is 0.505 e. The highest BCUT2D eigenvalue weighted by Crippen LogP contribution is 2.20. The number of hydrogen-bond donors (Lipinski definition) is 4. The molecule has 0 unspecified atom stereocenters. The Morgan fingerprint density at radius 3 is 3.42 bits per heavy atom. The zero-order valence-corrected chi connectivity index (χ0v) is 5.45. The van der Waals surface area contributed by atoms with Gasteiger partial charge in [-0.05, 0) is 0 Å². The maximum atomic E-state index is 11.3. The minimum Gasteiger partial charge on any atom is -0.505 e. The highest BCUT2D eigenvalue weighted by atomic mass is 16.6. The fourth-order valence-electron chi connectivity index (χ4n) is 0.577. The van der Waals surface area contributed by atoms with Gasteiger partial charge in [0.1, 0.15) is 6.08 Å². The van der Waals surface area contributed by atoms with E-state index >= 15 is 0 Å². The van der Waals surface area contributed by atoms with E-state index in [9.17, 15) is 4.79 Å². The molecule has 0 amide bonds. The average molecular weight is 184 g/mol. The van der Waals surface area contributed by atoms with E-state index in [-0.39, 0.29) is 0 Å². The van der Waals surface area contributed by atoms with Crippen molar-refractivity contribution in [1.82, 2.24) is 0 Å². The van der Waals surface area contributed by atoms with E-state index in [1.54, 1.807) is 0 Å². The molecule has 0 radical (unpaired) electrons. The number of aliphatic hydroxyl groups is 4. The minimum atomic E-state index is -3.46. The average Bonchev–Trinajstić information content (AvgIpc) is 2.68. The molecule has 4 N–H and O–H groups in total. The maximum Gasteiger partial charge on any atom is 0.377 e. The number of carbonyl (C=O) groups is 1. The molecule has 0 aliphatic carbocycles. The Hall–Kier alpha value is -1.27. The van der Waals surface area contributed by atoms with Gasteiger partial charge in [-0.3, -0.25) is 0 Å². The first-order chi connectivity index (χ1) is 9.15. The molecule has 0 saturated carbocycles. The third kappa shape index (κ3) is 1.21. The van der Waals surface area contributed by atoms with Crippen LogP contribution in [0.1, 0.15) is 5.48 Å². The molecular weight excluding hydrogens is 168 g/mol. The Balaban J connectivity index is 3.49. The minimum absolute atomic E-state index is 1.09. The standard InChI is InChI=1S/C6H8O6/c7-1-2(8)5-3(9)4(10)6(11)12-5/h2,5,7-10H,1H2/t2-,5+/m0/s1/i1D2,2D,5D,7D,8D/hD2. The van der Waals surface area contributed by atoms with Crippen molar-refractivity contribution in [1.29, 1.82) is 5.72 Å². The number of cyclic esters (lactones) is 1. The molecule has 0 aromatic heterocycles. The van der Waals surface area contributed by atoms with Gasteiger partial charge in [0, 0.05) is 0 Å². The van der Waals surface area contributed by atoms with Crippen molar-refractivity contribution < 1.29 is 35.4 Å². The van der Waals surface area contributed by atoms with Crippen molar-refractivity contribution in [2.45, 2.75) is 12.2 Å². The quantitative estimate of drug-likeness (QED) is 0.378. The lowest BCUT2D eigenvalue weighted by Gasteiger charge is -2.13. The summed E-state index contributed by atoms with van der Waals surface area (Å²) in [5.74, 6) is -3.79. The third-order valence-corrected chi connectivity index (χ3v) is 1.09. The van der Waals surface area contributed by atoms with Crippen molar-refractivity contribution in [3.63, 3.8) is 0 Å². The van der Waals surface area contributed by atoms with Crippen LogP contribution in [0.3, 0.4) is 0 Å². The van der Waals surface area contributed by atoms with Gasteiger partial charge in [0.2, 0.25) is 8.62 Å². The van der Waals surface area contributed by atoms with Gasteiger partial charge in [-0.2, -0.15) is 0 Å². The van der Waals surface area contributed by atoms with Crippen LogP contribution in [0, 0.1) is 0 Å². The second-order valence-electron chi connectivity index (χ2n) is 1.81. The van der Waals surface area contributed by atoms with Crippen LogP contribution in [-0.4, -0.2) is 48.0 Å². The summed E-state index contributed by atoms with van der Waals surface area (Å²) < 4.78 is 60.8. The smallest absolute Gasteiger partial charge is 0.377 e. The summed E-state index contributed by atoms with van der Waals surface area (Å²) >= 11 is 0. The third-order valence-electron chi connectivity index (χ3n) is 1.09. The summed E-state index contributed by atoms with van der Waals surface area (Å²) in [7, 11) is 0. The van der Waals surface area contributed by atoms with Gasteiger partial charge in [0.05, 0.1) is 12.0 Å². The summed E-state index contributed by atoms with van der Waals surface area (Å²) in [6, 6.07) is 0. The fourth-order valence-corrected chi connectivity index (χ4v) is 0.577. The monoisotopic (exact) mass is 184 g/mol. The molecule has 0 aromatic carbocycles. The summed E-state index contributed by atoms with van der Waals surface area (Å²) in [6.45, 7) is -3.43. The fraction of sp³-hybridized carbons (Fsp3) is 0.500. The lowest BCUT2D eigenvalue weighted by Crippen LogP contribution is -2.31. The van der Waals surface area contributed by atoms with Crippen LogP contribution >= 0.6 is 0 Å². The molecule has 0 aromatic rings. The molecule has 1 aliphatic heterocycles. The molecule has 6 heteroatoms. The molecule has 68 valence electrons. The molecule has 1 aliphatic rings. The van der Waals surface area contributed by atoms with Crippen LogP contribution in [0.15, 0.2) is 11.5 Å². The van der Waals surface area contributed by atoms with E-state index in [1.165, 1.54) is 0 Å². The summed E-state index contributed by atoms with van der Waals surface area (Å²) in [4.78, 5) is 11.3. The summed E-state index contributed by atoms with van der Waals surface area (Å²) in [5, 5.41) is 15.0. The summed E-state index contributed by atoms with van der Waals surface area (Å²) in [6.07, 6.45) is -6.71. The predicted octanol–water partition coefficient (Wildman–Crippen LogP) is -1.41. The van der Waals surface area contributed by atoms with E-state index in [0.717, 1.165) is 0 Å². The first-order valence-corrected chi connectivity index (χ1v) is 2.68. The molecule has 0 fully saturated rings. The van der Waals surface area contributed by atoms with Gasteiger partial charge >= 0.3 is 5.97 Å².